The van der Waals surface area contributed by atoms with Crippen LogP contribution in [0.3, 0.4) is 0 Å². The van der Waals surface area contributed by atoms with E-state index in [2.05, 4.69) is 4.99 Å². The first-order valence-electron chi connectivity index (χ1n) is 7.21. The van der Waals surface area contributed by atoms with E-state index in [0.717, 1.165) is 11.3 Å². The molecular weight excluding hydrogens is 352 g/mol. The molecule has 24 heavy (non-hydrogen) atoms. The molecule has 0 spiro atoms. The van der Waals surface area contributed by atoms with Crippen molar-refractivity contribution in [3.63, 3.8) is 0 Å². The molecule has 0 radical (unpaired) electrons. The molecule has 0 aliphatic heterocycles. The van der Waals surface area contributed by atoms with Crippen molar-refractivity contribution in [3.8, 4) is 5.75 Å². The second kappa shape index (κ2) is 8.12. The predicted octanol–water partition coefficient (Wildman–Crippen LogP) is 2.73. The van der Waals surface area contributed by atoms with Gasteiger partial charge >= 0.3 is 5.97 Å². The molecule has 0 bridgehead atoms. The summed E-state index contributed by atoms with van der Waals surface area (Å²) >= 11 is 6.90. The number of esters is 1. The number of thiazole rings is 1. The SMILES string of the molecule is CCOC(=O)c1sc(=NC(=O)COc2ccc(Cl)cc2)n(C)c1C. The summed E-state index contributed by atoms with van der Waals surface area (Å²) in [5.74, 6) is -0.332. The number of carbonyl (C=O) groups excluding carboxylic acids is 2. The van der Waals surface area contributed by atoms with E-state index in [4.69, 9.17) is 21.1 Å². The van der Waals surface area contributed by atoms with Gasteiger partial charge in [0.05, 0.1) is 6.61 Å². The summed E-state index contributed by atoms with van der Waals surface area (Å²) in [5, 5.41) is 0.589. The number of hydrogen-bond donors (Lipinski definition) is 0. The van der Waals surface area contributed by atoms with E-state index < -0.39 is 11.9 Å². The molecule has 0 saturated carbocycles. The zero-order valence-electron chi connectivity index (χ0n) is 13.5. The van der Waals surface area contributed by atoms with Gasteiger partial charge in [-0.25, -0.2) is 4.79 Å². The van der Waals surface area contributed by atoms with Crippen LogP contribution < -0.4 is 9.54 Å². The maximum atomic E-state index is 12.0. The molecule has 0 saturated heterocycles. The average molecular weight is 369 g/mol. The molecule has 0 unspecified atom stereocenters. The lowest BCUT2D eigenvalue weighted by atomic mass is 10.3. The molecule has 1 aromatic carbocycles. The number of rotatable bonds is 5. The molecule has 128 valence electrons. The predicted molar refractivity (Wildman–Crippen MR) is 91.5 cm³/mol. The standard InChI is InChI=1S/C16H17ClN2O4S/c1-4-22-15(21)14-10(2)19(3)16(24-14)18-13(20)9-23-12-7-5-11(17)6-8-12/h5-8H,4,9H2,1-3H3. The van der Waals surface area contributed by atoms with Gasteiger partial charge in [-0.15, -0.1) is 0 Å². The van der Waals surface area contributed by atoms with Gasteiger partial charge in [0.2, 0.25) is 0 Å². The molecule has 0 fully saturated rings. The van der Waals surface area contributed by atoms with Crippen LogP contribution in [0.2, 0.25) is 5.02 Å². The smallest absolute Gasteiger partial charge is 0.350 e. The summed E-state index contributed by atoms with van der Waals surface area (Å²) in [6.07, 6.45) is 0. The largest absolute Gasteiger partial charge is 0.484 e. The molecule has 1 heterocycles. The molecule has 0 aliphatic rings. The maximum Gasteiger partial charge on any atom is 0.350 e. The van der Waals surface area contributed by atoms with Crippen molar-refractivity contribution >= 4 is 34.8 Å². The van der Waals surface area contributed by atoms with Crippen LogP contribution in [0.1, 0.15) is 22.3 Å². The Morgan fingerprint density at radius 1 is 1.29 bits per heavy atom. The van der Waals surface area contributed by atoms with E-state index in [1.165, 1.54) is 0 Å². The highest BCUT2D eigenvalue weighted by Crippen LogP contribution is 2.15. The third-order valence-corrected chi connectivity index (χ3v) is 4.64. The molecular formula is C16H17ClN2O4S. The number of carbonyl (C=O) groups is 2. The van der Waals surface area contributed by atoms with Crippen LogP contribution in [0.25, 0.3) is 0 Å². The first-order chi connectivity index (χ1) is 11.4. The van der Waals surface area contributed by atoms with Gasteiger partial charge in [0.15, 0.2) is 11.4 Å². The van der Waals surface area contributed by atoms with Gasteiger partial charge in [0.1, 0.15) is 10.6 Å². The lowest BCUT2D eigenvalue weighted by Gasteiger charge is -2.02. The highest BCUT2D eigenvalue weighted by molar-refractivity contribution is 7.11. The molecule has 2 aromatic rings. The lowest BCUT2D eigenvalue weighted by molar-refractivity contribution is -0.120. The topological polar surface area (TPSA) is 69.9 Å². The van der Waals surface area contributed by atoms with Crippen molar-refractivity contribution in [1.29, 1.82) is 0 Å². The Morgan fingerprint density at radius 2 is 1.96 bits per heavy atom. The molecule has 2 rings (SSSR count). The molecule has 1 aromatic heterocycles. The van der Waals surface area contributed by atoms with Crippen molar-refractivity contribution in [2.45, 2.75) is 13.8 Å². The second-order valence-electron chi connectivity index (χ2n) is 4.83. The van der Waals surface area contributed by atoms with E-state index in [-0.39, 0.29) is 6.61 Å². The fourth-order valence-corrected chi connectivity index (χ4v) is 2.98. The van der Waals surface area contributed by atoms with Gasteiger partial charge in [-0.05, 0) is 38.1 Å². The van der Waals surface area contributed by atoms with Crippen LogP contribution >= 0.6 is 22.9 Å². The van der Waals surface area contributed by atoms with Gasteiger partial charge in [0, 0.05) is 17.8 Å². The van der Waals surface area contributed by atoms with Crippen LogP contribution in [0, 0.1) is 6.92 Å². The number of hydrogen-bond acceptors (Lipinski definition) is 5. The molecule has 1 amide bonds. The van der Waals surface area contributed by atoms with Crippen LogP contribution in [-0.2, 0) is 16.6 Å². The van der Waals surface area contributed by atoms with E-state index >= 15 is 0 Å². The first kappa shape index (κ1) is 18.2. The molecule has 6 nitrogen and oxygen atoms in total. The maximum absolute atomic E-state index is 12.0. The average Bonchev–Trinajstić information content (AvgIpc) is 2.83. The minimum atomic E-state index is -0.447. The second-order valence-corrected chi connectivity index (χ2v) is 6.24. The van der Waals surface area contributed by atoms with Crippen molar-refractivity contribution in [2.75, 3.05) is 13.2 Å². The van der Waals surface area contributed by atoms with Crippen LogP contribution in [0.5, 0.6) is 5.75 Å². The summed E-state index contributed by atoms with van der Waals surface area (Å²) in [4.78, 5) is 28.7. The summed E-state index contributed by atoms with van der Waals surface area (Å²) in [5.41, 5.74) is 0.698. The number of halogens is 1. The van der Waals surface area contributed by atoms with Crippen molar-refractivity contribution in [1.82, 2.24) is 4.57 Å². The minimum Gasteiger partial charge on any atom is -0.484 e. The molecule has 0 N–H and O–H groups in total. The molecule has 0 aliphatic carbocycles. The zero-order chi connectivity index (χ0) is 17.7. The van der Waals surface area contributed by atoms with Gasteiger partial charge in [-0.1, -0.05) is 22.9 Å². The highest BCUT2D eigenvalue weighted by atomic mass is 35.5. The van der Waals surface area contributed by atoms with Crippen LogP contribution in [0.15, 0.2) is 29.3 Å². The summed E-state index contributed by atoms with van der Waals surface area (Å²) in [6, 6.07) is 6.69. The lowest BCUT2D eigenvalue weighted by Crippen LogP contribution is -2.17. The third-order valence-electron chi connectivity index (χ3n) is 3.17. The van der Waals surface area contributed by atoms with E-state index in [1.807, 2.05) is 0 Å². The number of aromatic nitrogens is 1. The summed E-state index contributed by atoms with van der Waals surface area (Å²) in [6.45, 7) is 3.60. The Kier molecular flexibility index (Phi) is 6.16. The Hall–Kier alpha value is -2.12. The highest BCUT2D eigenvalue weighted by Gasteiger charge is 2.16. The Bertz CT molecular complexity index is 808. The van der Waals surface area contributed by atoms with Crippen molar-refractivity contribution in [3.05, 3.63) is 44.7 Å². The Morgan fingerprint density at radius 3 is 2.58 bits per heavy atom. The number of benzene rings is 1. The van der Waals surface area contributed by atoms with Crippen molar-refractivity contribution in [2.24, 2.45) is 12.0 Å². The van der Waals surface area contributed by atoms with Crippen LogP contribution in [-0.4, -0.2) is 29.7 Å². The fraction of sp³-hybridized carbons (Fsp3) is 0.312. The summed E-state index contributed by atoms with van der Waals surface area (Å²) < 4.78 is 12.0. The van der Waals surface area contributed by atoms with Gasteiger partial charge in [-0.2, -0.15) is 4.99 Å². The fourth-order valence-electron chi connectivity index (χ4n) is 1.83. The van der Waals surface area contributed by atoms with Crippen LogP contribution in [0.4, 0.5) is 0 Å². The van der Waals surface area contributed by atoms with E-state index in [0.29, 0.717) is 32.8 Å². The molecule has 8 heteroatoms. The Labute approximate surface area is 148 Å². The van der Waals surface area contributed by atoms with Gasteiger partial charge < -0.3 is 14.0 Å². The van der Waals surface area contributed by atoms with Gasteiger partial charge in [0.25, 0.3) is 5.91 Å². The minimum absolute atomic E-state index is 0.201. The quantitative estimate of drug-likeness (QED) is 0.761. The Balaban J connectivity index is 2.12. The molecule has 0 atom stereocenters. The number of amides is 1. The third kappa shape index (κ3) is 4.46. The monoisotopic (exact) mass is 368 g/mol. The number of nitrogens with zero attached hydrogens (tertiary/aromatic N) is 2. The number of ether oxygens (including phenoxy) is 2. The zero-order valence-corrected chi connectivity index (χ0v) is 15.1. The summed E-state index contributed by atoms with van der Waals surface area (Å²) in [7, 11) is 1.74. The first-order valence-corrected chi connectivity index (χ1v) is 8.41. The van der Waals surface area contributed by atoms with Gasteiger partial charge in [-0.3, -0.25) is 4.79 Å². The normalized spacial score (nSPS) is 11.4. The van der Waals surface area contributed by atoms with E-state index in [1.54, 1.807) is 49.7 Å². The van der Waals surface area contributed by atoms with E-state index in [9.17, 15) is 9.59 Å². The van der Waals surface area contributed by atoms with Crippen molar-refractivity contribution < 1.29 is 19.1 Å².